The molecule has 0 aliphatic carbocycles. The van der Waals surface area contributed by atoms with Crippen molar-refractivity contribution in [3.8, 4) is 0 Å². The quantitative estimate of drug-likeness (QED) is 0.738. The van der Waals surface area contributed by atoms with Crippen LogP contribution in [0.2, 0.25) is 0 Å². The van der Waals surface area contributed by atoms with Gasteiger partial charge in [-0.25, -0.2) is 4.98 Å². The van der Waals surface area contributed by atoms with E-state index in [4.69, 9.17) is 0 Å². The van der Waals surface area contributed by atoms with Crippen LogP contribution in [0.5, 0.6) is 0 Å². The van der Waals surface area contributed by atoms with E-state index in [1.807, 2.05) is 25.1 Å². The van der Waals surface area contributed by atoms with Crippen molar-refractivity contribution in [1.82, 2.24) is 15.3 Å². The Hall–Kier alpha value is -2.04. The smallest absolute Gasteiger partial charge is 0.134 e. The highest BCUT2D eigenvalue weighted by Gasteiger charge is 2.01. The van der Waals surface area contributed by atoms with Crippen molar-refractivity contribution in [1.29, 1.82) is 0 Å². The summed E-state index contributed by atoms with van der Waals surface area (Å²) in [6, 6.07) is 5.81. The number of carboxylic acid groups (broad SMARTS) is 1. The number of rotatable bonds is 2. The second kappa shape index (κ2) is 3.61. The fourth-order valence-electron chi connectivity index (χ4n) is 1.42. The molecule has 0 radical (unpaired) electrons. The van der Waals surface area contributed by atoms with Gasteiger partial charge >= 0.3 is 0 Å². The second-order valence-corrected chi connectivity index (χ2v) is 3.35. The summed E-state index contributed by atoms with van der Waals surface area (Å²) in [6.45, 7) is 2.12. The lowest BCUT2D eigenvalue weighted by molar-refractivity contribution is -0.251. The molecule has 2 rings (SSSR count). The lowest BCUT2D eigenvalue weighted by Crippen LogP contribution is -2.36. The van der Waals surface area contributed by atoms with Crippen molar-refractivity contribution < 1.29 is 9.90 Å². The van der Waals surface area contributed by atoms with Crippen LogP contribution in [0.3, 0.4) is 0 Å². The summed E-state index contributed by atoms with van der Waals surface area (Å²) in [5, 5.41) is 12.3. The largest absolute Gasteiger partial charge is 0.530 e. The molecule has 1 aromatic carbocycles. The van der Waals surface area contributed by atoms with E-state index in [-0.39, 0.29) is 6.54 Å². The maximum absolute atomic E-state index is 10.2. The van der Waals surface area contributed by atoms with Gasteiger partial charge in [-0.2, -0.15) is 0 Å². The lowest BCUT2D eigenvalue weighted by atomic mass is 10.2. The number of imidazole rings is 1. The van der Waals surface area contributed by atoms with Gasteiger partial charge in [0.25, 0.3) is 0 Å². The normalized spacial score (nSPS) is 10.5. The van der Waals surface area contributed by atoms with E-state index in [0.717, 1.165) is 16.6 Å². The van der Waals surface area contributed by atoms with E-state index in [9.17, 15) is 9.90 Å². The van der Waals surface area contributed by atoms with Crippen LogP contribution in [0, 0.1) is 6.92 Å². The van der Waals surface area contributed by atoms with Gasteiger partial charge in [-0.3, -0.25) is 0 Å². The Morgan fingerprint density at radius 2 is 2.40 bits per heavy atom. The molecule has 0 unspecified atom stereocenters. The molecular formula is C10H10N3O2-. The van der Waals surface area contributed by atoms with Crippen LogP contribution >= 0.6 is 0 Å². The minimum atomic E-state index is -1.30. The van der Waals surface area contributed by atoms with Gasteiger partial charge in [0.2, 0.25) is 0 Å². The Morgan fingerprint density at radius 1 is 1.60 bits per heavy atom. The highest BCUT2D eigenvalue weighted by molar-refractivity contribution is 5.75. The first-order chi connectivity index (χ1) is 7.15. The van der Waals surface area contributed by atoms with Gasteiger partial charge in [0.05, 0.1) is 17.6 Å². The lowest BCUT2D eigenvalue weighted by Gasteiger charge is -2.02. The molecule has 1 amide bonds. The summed E-state index contributed by atoms with van der Waals surface area (Å²) < 4.78 is 0. The maximum Gasteiger partial charge on any atom is 0.134 e. The molecule has 5 heteroatoms. The molecule has 0 spiro atoms. The summed E-state index contributed by atoms with van der Waals surface area (Å²) >= 11 is 0. The van der Waals surface area contributed by atoms with Crippen LogP contribution in [0.25, 0.3) is 11.0 Å². The third-order valence-electron chi connectivity index (χ3n) is 2.09. The highest BCUT2D eigenvalue weighted by Crippen LogP contribution is 2.12. The number of nitrogens with zero attached hydrogens (tertiary/aromatic N) is 1. The topological polar surface area (TPSA) is 80.8 Å². The van der Waals surface area contributed by atoms with Crippen LogP contribution in [0.1, 0.15) is 11.4 Å². The van der Waals surface area contributed by atoms with E-state index in [1.165, 1.54) is 0 Å². The number of hydrogen-bond donors (Lipinski definition) is 2. The molecule has 1 aromatic heterocycles. The minimum absolute atomic E-state index is 0.135. The van der Waals surface area contributed by atoms with E-state index in [0.29, 0.717) is 5.82 Å². The van der Waals surface area contributed by atoms with Gasteiger partial charge in [0, 0.05) is 0 Å². The van der Waals surface area contributed by atoms with Crippen LogP contribution < -0.4 is 10.4 Å². The van der Waals surface area contributed by atoms with Crippen molar-refractivity contribution in [2.45, 2.75) is 13.5 Å². The fourth-order valence-corrected chi connectivity index (χ4v) is 1.42. The molecule has 0 aliphatic heterocycles. The number of fused-ring (bicyclic) bond motifs is 1. The average molecular weight is 204 g/mol. The molecule has 2 N–H and O–H groups in total. The number of nitrogens with one attached hydrogen (secondary N) is 2. The second-order valence-electron chi connectivity index (χ2n) is 3.35. The van der Waals surface area contributed by atoms with Gasteiger partial charge in [0.1, 0.15) is 11.9 Å². The Labute approximate surface area is 86.1 Å². The summed E-state index contributed by atoms with van der Waals surface area (Å²) in [5.74, 6) is 0.583. The Bertz CT molecular complexity index is 504. The molecule has 15 heavy (non-hydrogen) atoms. The summed E-state index contributed by atoms with van der Waals surface area (Å²) in [4.78, 5) is 17.4. The molecular weight excluding hydrogens is 194 g/mol. The number of H-pyrrole nitrogens is 1. The zero-order valence-corrected chi connectivity index (χ0v) is 8.20. The van der Waals surface area contributed by atoms with Crippen molar-refractivity contribution in [3.05, 3.63) is 29.6 Å². The zero-order valence-electron chi connectivity index (χ0n) is 8.20. The number of amides is 1. The van der Waals surface area contributed by atoms with Crippen molar-refractivity contribution >= 4 is 17.1 Å². The zero-order chi connectivity index (χ0) is 10.8. The van der Waals surface area contributed by atoms with Crippen molar-refractivity contribution in [3.63, 3.8) is 0 Å². The summed E-state index contributed by atoms with van der Waals surface area (Å²) in [7, 11) is 0. The third-order valence-corrected chi connectivity index (χ3v) is 2.09. The number of carbonyl (C=O) groups excluding carboxylic acids is 1. The number of carbonyl (C=O) groups is 1. The fraction of sp³-hybridized carbons (Fsp3) is 0.200. The Balaban J connectivity index is 2.27. The molecule has 0 saturated heterocycles. The standard InChI is InChI=1S/C10H11N3O2/c1-6-2-3-7-8(4-6)13-9(12-7)5-11-10(14)15/h2-4,11H,5H2,1H3,(H,12,13)(H,14,15)/p-1. The SMILES string of the molecule is Cc1ccc2nc(CNC(=O)[O-])[nH]c2c1. The number of benzene rings is 1. The molecule has 0 fully saturated rings. The number of hydrogen-bond acceptors (Lipinski definition) is 3. The number of aryl methyl sites for hydroxylation is 1. The van der Waals surface area contributed by atoms with Gasteiger partial charge in [-0.05, 0) is 24.6 Å². The molecule has 0 aliphatic rings. The van der Waals surface area contributed by atoms with Crippen LogP contribution in [0.15, 0.2) is 18.2 Å². The van der Waals surface area contributed by atoms with Crippen molar-refractivity contribution in [2.24, 2.45) is 0 Å². The molecule has 2 aromatic rings. The number of aromatic nitrogens is 2. The third kappa shape index (κ3) is 2.07. The molecule has 0 saturated carbocycles. The predicted octanol–water partition coefficient (Wildman–Crippen LogP) is 0.304. The highest BCUT2D eigenvalue weighted by atomic mass is 16.4. The van der Waals surface area contributed by atoms with Gasteiger partial charge in [-0.15, -0.1) is 0 Å². The first-order valence-corrected chi connectivity index (χ1v) is 4.55. The van der Waals surface area contributed by atoms with Crippen LogP contribution in [-0.2, 0) is 6.54 Å². The maximum atomic E-state index is 10.2. The first kappa shape index (κ1) is 9.51. The summed E-state index contributed by atoms with van der Waals surface area (Å²) in [6.07, 6.45) is -1.30. The van der Waals surface area contributed by atoms with E-state index in [1.54, 1.807) is 0 Å². The van der Waals surface area contributed by atoms with E-state index < -0.39 is 6.09 Å². The van der Waals surface area contributed by atoms with Gasteiger partial charge < -0.3 is 20.2 Å². The molecule has 0 bridgehead atoms. The van der Waals surface area contributed by atoms with Gasteiger partial charge in [-0.1, -0.05) is 6.07 Å². The molecule has 78 valence electrons. The van der Waals surface area contributed by atoms with E-state index in [2.05, 4.69) is 15.3 Å². The van der Waals surface area contributed by atoms with E-state index >= 15 is 0 Å². The monoisotopic (exact) mass is 204 g/mol. The summed E-state index contributed by atoms with van der Waals surface area (Å²) in [5.41, 5.74) is 2.87. The molecule has 5 nitrogen and oxygen atoms in total. The minimum Gasteiger partial charge on any atom is -0.530 e. The number of aromatic amines is 1. The average Bonchev–Trinajstić information content (AvgIpc) is 2.56. The Kier molecular flexibility index (Phi) is 2.29. The first-order valence-electron chi connectivity index (χ1n) is 4.55. The van der Waals surface area contributed by atoms with Crippen molar-refractivity contribution in [2.75, 3.05) is 0 Å². The Morgan fingerprint density at radius 3 is 3.13 bits per heavy atom. The van der Waals surface area contributed by atoms with Crippen LogP contribution in [-0.4, -0.2) is 16.1 Å². The molecule has 1 heterocycles. The van der Waals surface area contributed by atoms with Gasteiger partial charge in [0.15, 0.2) is 0 Å². The molecule has 0 atom stereocenters. The van der Waals surface area contributed by atoms with Crippen LogP contribution in [0.4, 0.5) is 4.79 Å². The predicted molar refractivity (Wildman–Crippen MR) is 53.1 cm³/mol.